The second-order valence-electron chi connectivity index (χ2n) is 6.70. The monoisotopic (exact) mass is 348 g/mol. The number of nitrogen functional groups attached to an aromatic ring is 1. The first-order chi connectivity index (χ1) is 12.5. The molecule has 2 aliphatic rings. The molecule has 0 atom stereocenters. The normalized spacial score (nSPS) is 16.2. The van der Waals surface area contributed by atoms with Gasteiger partial charge in [0.25, 0.3) is 0 Å². The Bertz CT molecular complexity index is 929. The van der Waals surface area contributed by atoms with Gasteiger partial charge in [-0.2, -0.15) is 0 Å². The number of esters is 1. The Morgan fingerprint density at radius 1 is 1.08 bits per heavy atom. The lowest BCUT2D eigenvalue weighted by Gasteiger charge is -2.37. The van der Waals surface area contributed by atoms with Crippen LogP contribution in [0.2, 0.25) is 0 Å². The number of ether oxygens (including phenoxy) is 1. The molecule has 0 unspecified atom stereocenters. The third kappa shape index (κ3) is 2.86. The Morgan fingerprint density at radius 2 is 1.85 bits per heavy atom. The highest BCUT2D eigenvalue weighted by atomic mass is 16.5. The van der Waals surface area contributed by atoms with Crippen molar-refractivity contribution in [2.75, 3.05) is 17.2 Å². The number of Topliss-reactive ketones (excluding diaryl/α,β-unsaturated/α-hetero) is 1. The minimum atomic E-state index is -0.385. The average molecular weight is 348 g/mol. The van der Waals surface area contributed by atoms with Gasteiger partial charge in [0, 0.05) is 35.6 Å². The lowest BCUT2D eigenvalue weighted by molar-refractivity contribution is -0.115. The zero-order valence-corrected chi connectivity index (χ0v) is 14.6. The fraction of sp³-hybridized carbons (Fsp3) is 0.238. The van der Waals surface area contributed by atoms with Gasteiger partial charge in [-0.1, -0.05) is 0 Å². The molecule has 0 radical (unpaired) electrons. The fourth-order valence-electron chi connectivity index (χ4n) is 3.62. The lowest BCUT2D eigenvalue weighted by Crippen LogP contribution is -2.35. The first-order valence-electron chi connectivity index (χ1n) is 8.74. The summed E-state index contributed by atoms with van der Waals surface area (Å²) in [5.74, 6) is 0.324. The number of allylic oxidation sites excluding steroid dienone is 2. The number of benzene rings is 2. The molecule has 0 aliphatic carbocycles. The molecule has 26 heavy (non-hydrogen) atoms. The standard InChI is InChI=1S/C21H20N2O3/c1-13-18-8-2-14-12-15(3-9-19(14)23(18)11-10-20(13)24)21(25)26-17-6-4-16(22)5-7-17/h3-7,9,12H,2,8,10-11,22H2,1H3. The van der Waals surface area contributed by atoms with Crippen molar-refractivity contribution in [2.24, 2.45) is 0 Å². The van der Waals surface area contributed by atoms with Crippen LogP contribution in [0.25, 0.3) is 0 Å². The number of fused-ring (bicyclic) bond motifs is 3. The number of anilines is 2. The Labute approximate surface area is 152 Å². The van der Waals surface area contributed by atoms with Gasteiger partial charge < -0.3 is 15.4 Å². The molecule has 2 N–H and O–H groups in total. The van der Waals surface area contributed by atoms with Crippen LogP contribution >= 0.6 is 0 Å². The maximum atomic E-state index is 12.4. The van der Waals surface area contributed by atoms with Crippen LogP contribution in [0.15, 0.2) is 53.7 Å². The topological polar surface area (TPSA) is 72.6 Å². The summed E-state index contributed by atoms with van der Waals surface area (Å²) in [6, 6.07) is 12.4. The predicted molar refractivity (Wildman–Crippen MR) is 100 cm³/mol. The Hall–Kier alpha value is -3.08. The predicted octanol–water partition coefficient (Wildman–Crippen LogP) is 3.49. The highest BCUT2D eigenvalue weighted by Gasteiger charge is 2.29. The van der Waals surface area contributed by atoms with Gasteiger partial charge in [0.15, 0.2) is 5.78 Å². The van der Waals surface area contributed by atoms with Crippen LogP contribution < -0.4 is 15.4 Å². The van der Waals surface area contributed by atoms with E-state index in [2.05, 4.69) is 4.90 Å². The Morgan fingerprint density at radius 3 is 2.62 bits per heavy atom. The van der Waals surface area contributed by atoms with Crippen LogP contribution in [0.4, 0.5) is 11.4 Å². The molecule has 2 aliphatic heterocycles. The molecule has 5 nitrogen and oxygen atoms in total. The number of nitrogens with two attached hydrogens (primary N) is 1. The molecule has 2 heterocycles. The van der Waals surface area contributed by atoms with Crippen LogP contribution in [-0.4, -0.2) is 18.3 Å². The number of carbonyl (C=O) groups is 2. The summed E-state index contributed by atoms with van der Waals surface area (Å²) in [4.78, 5) is 26.6. The van der Waals surface area contributed by atoms with E-state index in [-0.39, 0.29) is 11.8 Å². The van der Waals surface area contributed by atoms with Crippen molar-refractivity contribution in [2.45, 2.75) is 26.2 Å². The minimum absolute atomic E-state index is 0.239. The number of hydrogen-bond acceptors (Lipinski definition) is 5. The quantitative estimate of drug-likeness (QED) is 0.511. The summed E-state index contributed by atoms with van der Waals surface area (Å²) >= 11 is 0. The van der Waals surface area contributed by atoms with Crippen molar-refractivity contribution in [3.63, 3.8) is 0 Å². The van der Waals surface area contributed by atoms with Crippen LogP contribution in [0, 0.1) is 0 Å². The number of rotatable bonds is 2. The van der Waals surface area contributed by atoms with Gasteiger partial charge in [-0.15, -0.1) is 0 Å². The average Bonchev–Trinajstić information content (AvgIpc) is 2.65. The highest BCUT2D eigenvalue weighted by molar-refractivity contribution is 5.98. The van der Waals surface area contributed by atoms with Gasteiger partial charge in [-0.25, -0.2) is 4.79 Å². The largest absolute Gasteiger partial charge is 0.423 e. The van der Waals surface area contributed by atoms with Crippen LogP contribution in [0.5, 0.6) is 5.75 Å². The van der Waals surface area contributed by atoms with E-state index in [0.717, 1.165) is 35.4 Å². The SMILES string of the molecule is CC1=C2CCc3cc(C(=O)Oc4ccc(N)cc4)ccc3N2CCC1=O. The summed E-state index contributed by atoms with van der Waals surface area (Å²) in [6.07, 6.45) is 2.17. The van der Waals surface area contributed by atoms with Gasteiger partial charge in [-0.3, -0.25) is 4.79 Å². The number of ketones is 1. The third-order valence-electron chi connectivity index (χ3n) is 5.07. The summed E-state index contributed by atoms with van der Waals surface area (Å²) in [6.45, 7) is 2.61. The maximum absolute atomic E-state index is 12.4. The zero-order valence-electron chi connectivity index (χ0n) is 14.6. The van der Waals surface area contributed by atoms with Crippen molar-refractivity contribution in [1.29, 1.82) is 0 Å². The fourth-order valence-corrected chi connectivity index (χ4v) is 3.62. The maximum Gasteiger partial charge on any atom is 0.343 e. The summed E-state index contributed by atoms with van der Waals surface area (Å²) in [5, 5.41) is 0. The van der Waals surface area contributed by atoms with E-state index in [1.807, 2.05) is 19.1 Å². The molecular formula is C21H20N2O3. The van der Waals surface area contributed by atoms with Gasteiger partial charge in [0.1, 0.15) is 5.75 Å². The summed E-state index contributed by atoms with van der Waals surface area (Å²) in [7, 11) is 0. The number of nitrogens with zero attached hydrogens (tertiary/aromatic N) is 1. The molecule has 0 aromatic heterocycles. The van der Waals surface area contributed by atoms with E-state index in [4.69, 9.17) is 10.5 Å². The second-order valence-corrected chi connectivity index (χ2v) is 6.70. The van der Waals surface area contributed by atoms with E-state index in [1.165, 1.54) is 0 Å². The molecule has 132 valence electrons. The molecule has 0 fully saturated rings. The van der Waals surface area contributed by atoms with Gasteiger partial charge in [0.05, 0.1) is 5.56 Å². The van der Waals surface area contributed by atoms with Crippen molar-refractivity contribution < 1.29 is 14.3 Å². The Balaban J connectivity index is 1.59. The van der Waals surface area contributed by atoms with Crippen LogP contribution in [0.3, 0.4) is 0 Å². The van der Waals surface area contributed by atoms with Gasteiger partial charge in [-0.05, 0) is 67.8 Å². The smallest absolute Gasteiger partial charge is 0.343 e. The zero-order chi connectivity index (χ0) is 18.3. The molecular weight excluding hydrogens is 328 g/mol. The number of aryl methyl sites for hydroxylation is 1. The van der Waals surface area contributed by atoms with E-state index in [1.54, 1.807) is 30.3 Å². The van der Waals surface area contributed by atoms with E-state index in [9.17, 15) is 9.59 Å². The first kappa shape index (κ1) is 16.4. The molecule has 0 saturated heterocycles. The molecule has 0 spiro atoms. The minimum Gasteiger partial charge on any atom is -0.423 e. The number of carbonyl (C=O) groups excluding carboxylic acids is 2. The van der Waals surface area contributed by atoms with Crippen LogP contribution in [0.1, 0.15) is 35.7 Å². The van der Waals surface area contributed by atoms with E-state index >= 15 is 0 Å². The molecule has 2 aromatic carbocycles. The van der Waals surface area contributed by atoms with Crippen molar-refractivity contribution >= 4 is 23.1 Å². The molecule has 0 bridgehead atoms. The first-order valence-corrected chi connectivity index (χ1v) is 8.74. The molecule has 5 heteroatoms. The van der Waals surface area contributed by atoms with E-state index < -0.39 is 0 Å². The third-order valence-corrected chi connectivity index (χ3v) is 5.07. The summed E-state index contributed by atoms with van der Waals surface area (Å²) < 4.78 is 5.42. The van der Waals surface area contributed by atoms with Crippen LogP contribution in [-0.2, 0) is 11.2 Å². The van der Waals surface area contributed by atoms with Gasteiger partial charge >= 0.3 is 5.97 Å². The lowest BCUT2D eigenvalue weighted by atomic mass is 9.91. The van der Waals surface area contributed by atoms with Gasteiger partial charge in [0.2, 0.25) is 0 Å². The highest BCUT2D eigenvalue weighted by Crippen LogP contribution is 2.37. The molecule has 2 aromatic rings. The molecule has 4 rings (SSSR count). The Kier molecular flexibility index (Phi) is 3.99. The molecule has 0 saturated carbocycles. The van der Waals surface area contributed by atoms with Crippen molar-refractivity contribution in [1.82, 2.24) is 0 Å². The summed E-state index contributed by atoms with van der Waals surface area (Å²) in [5.41, 5.74) is 11.0. The number of hydrogen-bond donors (Lipinski definition) is 1. The van der Waals surface area contributed by atoms with E-state index in [0.29, 0.717) is 30.0 Å². The van der Waals surface area contributed by atoms with Crippen molar-refractivity contribution in [3.05, 3.63) is 64.9 Å². The molecule has 0 amide bonds. The second kappa shape index (κ2) is 6.33. The van der Waals surface area contributed by atoms with Crippen molar-refractivity contribution in [3.8, 4) is 5.75 Å².